The van der Waals surface area contributed by atoms with Crippen molar-refractivity contribution in [2.75, 3.05) is 17.7 Å². The molecule has 7 nitrogen and oxygen atoms in total. The summed E-state index contributed by atoms with van der Waals surface area (Å²) in [6.45, 7) is -0.300. The normalized spacial score (nSPS) is 14.1. The van der Waals surface area contributed by atoms with E-state index in [4.69, 9.17) is 0 Å². The second-order valence-electron chi connectivity index (χ2n) is 8.71. The number of nitrogens with zero attached hydrogens (tertiary/aromatic N) is 2. The molecule has 0 bridgehead atoms. The number of anilines is 3. The summed E-state index contributed by atoms with van der Waals surface area (Å²) in [5.74, 6) is -2.75. The highest BCUT2D eigenvalue weighted by Gasteiger charge is 2.51. The number of amides is 1. The number of halogens is 5. The maximum Gasteiger partial charge on any atom is 0.418 e. The van der Waals surface area contributed by atoms with Gasteiger partial charge in [0, 0.05) is 37.5 Å². The highest BCUT2D eigenvalue weighted by molar-refractivity contribution is 6.01. The first-order valence-electron chi connectivity index (χ1n) is 11.2. The lowest BCUT2D eigenvalue weighted by Gasteiger charge is -2.16. The Labute approximate surface area is 208 Å². The van der Waals surface area contributed by atoms with Gasteiger partial charge in [-0.3, -0.25) is 19.6 Å². The Kier molecular flexibility index (Phi) is 7.10. The third-order valence-corrected chi connectivity index (χ3v) is 6.11. The minimum atomic E-state index is -4.83. The van der Waals surface area contributed by atoms with E-state index in [0.29, 0.717) is 30.2 Å². The first-order chi connectivity index (χ1) is 17.5. The van der Waals surface area contributed by atoms with Crippen LogP contribution in [0.5, 0.6) is 0 Å². The van der Waals surface area contributed by atoms with Gasteiger partial charge in [-0.05, 0) is 31.0 Å². The molecule has 194 valence electrons. The zero-order chi connectivity index (χ0) is 26.8. The molecule has 0 spiro atoms. The van der Waals surface area contributed by atoms with Gasteiger partial charge in [-0.2, -0.15) is 13.2 Å². The lowest BCUT2D eigenvalue weighted by molar-refractivity contribution is -0.137. The first-order valence-corrected chi connectivity index (χ1v) is 11.2. The average Bonchev–Trinajstić information content (AvgIpc) is 3.64. The number of aromatic nitrogens is 2. The summed E-state index contributed by atoms with van der Waals surface area (Å²) >= 11 is 0. The molecule has 1 aliphatic carbocycles. The summed E-state index contributed by atoms with van der Waals surface area (Å²) in [5, 5.41) is 7.69. The maximum atomic E-state index is 14.6. The zero-order valence-corrected chi connectivity index (χ0v) is 19.5. The Balaban J connectivity index is 1.40. The lowest BCUT2D eigenvalue weighted by Crippen LogP contribution is -2.33. The molecular weight excluding hydrogens is 497 g/mol. The third-order valence-electron chi connectivity index (χ3n) is 6.11. The van der Waals surface area contributed by atoms with Crippen molar-refractivity contribution in [3.8, 4) is 0 Å². The number of hydrogen-bond donors (Lipinski definition) is 3. The first kappa shape index (κ1) is 26.0. The topological polar surface area (TPSA) is 96.0 Å². The van der Waals surface area contributed by atoms with Gasteiger partial charge in [-0.1, -0.05) is 6.07 Å². The van der Waals surface area contributed by atoms with Crippen LogP contribution >= 0.6 is 0 Å². The highest BCUT2D eigenvalue weighted by atomic mass is 19.4. The van der Waals surface area contributed by atoms with Crippen molar-refractivity contribution >= 4 is 28.8 Å². The standard InChI is InChI=1S/C25H22F5N5O2/c1-31-15-7-14(10-32-11-15)21(36)9-24(5-6-24)23(37)34-13-20-19(27)8-16(12-33-20)35-22-17(25(28,29)30)3-2-4-18(22)26/h2-4,7-8,10-12,31,35H,5-6,9,13H2,1H3,(H,34,37). The summed E-state index contributed by atoms with van der Waals surface area (Å²) in [7, 11) is 1.69. The third kappa shape index (κ3) is 5.84. The number of benzene rings is 1. The number of carbonyl (C=O) groups excluding carboxylic acids is 2. The molecule has 0 aliphatic heterocycles. The molecule has 0 unspecified atom stereocenters. The fourth-order valence-electron chi connectivity index (χ4n) is 3.82. The molecule has 0 atom stereocenters. The molecule has 1 fully saturated rings. The maximum absolute atomic E-state index is 14.6. The molecule has 0 saturated heterocycles. The van der Waals surface area contributed by atoms with Crippen LogP contribution in [-0.2, 0) is 17.5 Å². The summed E-state index contributed by atoms with van der Waals surface area (Å²) in [4.78, 5) is 33.3. The Morgan fingerprint density at radius 3 is 2.43 bits per heavy atom. The van der Waals surface area contributed by atoms with Crippen molar-refractivity contribution in [3.63, 3.8) is 0 Å². The Morgan fingerprint density at radius 2 is 1.78 bits per heavy atom. The minimum absolute atomic E-state index is 0.0311. The molecule has 3 N–H and O–H groups in total. The van der Waals surface area contributed by atoms with E-state index in [1.165, 1.54) is 6.20 Å². The lowest BCUT2D eigenvalue weighted by atomic mass is 9.95. The SMILES string of the molecule is CNc1cncc(C(=O)CC2(C(=O)NCc3ncc(Nc4c(F)cccc4C(F)(F)F)cc3F)CC2)c1. The average molecular weight is 519 g/mol. The molecule has 12 heteroatoms. The largest absolute Gasteiger partial charge is 0.418 e. The Hall–Kier alpha value is -4.09. The Bertz CT molecular complexity index is 1340. The van der Waals surface area contributed by atoms with Gasteiger partial charge in [0.15, 0.2) is 5.78 Å². The zero-order valence-electron chi connectivity index (χ0n) is 19.5. The number of alkyl halides is 3. The number of pyridine rings is 2. The van der Waals surface area contributed by atoms with E-state index in [0.717, 1.165) is 24.4 Å². The summed E-state index contributed by atoms with van der Waals surface area (Å²) in [5.41, 5.74) is -2.35. The van der Waals surface area contributed by atoms with E-state index in [2.05, 4.69) is 25.9 Å². The summed E-state index contributed by atoms with van der Waals surface area (Å²) in [6.07, 6.45) is 0.146. The van der Waals surface area contributed by atoms with Crippen LogP contribution in [0.1, 0.15) is 40.9 Å². The molecule has 2 aromatic heterocycles. The molecular formula is C25H22F5N5O2. The van der Waals surface area contributed by atoms with Crippen molar-refractivity contribution in [2.45, 2.75) is 32.0 Å². The van der Waals surface area contributed by atoms with Crippen LogP contribution in [0.25, 0.3) is 0 Å². The molecule has 3 aromatic rings. The Morgan fingerprint density at radius 1 is 1.03 bits per heavy atom. The van der Waals surface area contributed by atoms with Gasteiger partial charge < -0.3 is 16.0 Å². The van der Waals surface area contributed by atoms with Crippen LogP contribution in [0, 0.1) is 17.0 Å². The number of nitrogens with one attached hydrogen (secondary N) is 3. The number of para-hydroxylation sites is 1. The van der Waals surface area contributed by atoms with Gasteiger partial charge in [-0.25, -0.2) is 8.78 Å². The van der Waals surface area contributed by atoms with E-state index in [9.17, 15) is 31.5 Å². The predicted octanol–water partition coefficient (Wildman–Crippen LogP) is 5.23. The molecule has 4 rings (SSSR count). The van der Waals surface area contributed by atoms with E-state index in [1.807, 2.05) is 0 Å². The van der Waals surface area contributed by atoms with Crippen LogP contribution < -0.4 is 16.0 Å². The van der Waals surface area contributed by atoms with Crippen LogP contribution in [0.4, 0.5) is 39.0 Å². The van der Waals surface area contributed by atoms with Gasteiger partial charge in [0.05, 0.1) is 46.5 Å². The molecule has 1 amide bonds. The molecule has 37 heavy (non-hydrogen) atoms. The van der Waals surface area contributed by atoms with Crippen LogP contribution in [-0.4, -0.2) is 28.7 Å². The van der Waals surface area contributed by atoms with Crippen LogP contribution in [0.15, 0.2) is 48.9 Å². The fraction of sp³-hybridized carbons (Fsp3) is 0.280. The molecule has 0 radical (unpaired) electrons. The number of ketones is 1. The predicted molar refractivity (Wildman–Crippen MR) is 125 cm³/mol. The smallest absolute Gasteiger partial charge is 0.387 e. The number of hydrogen-bond acceptors (Lipinski definition) is 6. The fourth-order valence-corrected chi connectivity index (χ4v) is 3.82. The van der Waals surface area contributed by atoms with Crippen molar-refractivity contribution in [3.05, 3.63) is 77.4 Å². The van der Waals surface area contributed by atoms with Crippen molar-refractivity contribution in [2.24, 2.45) is 5.41 Å². The second kappa shape index (κ2) is 10.1. The quantitative estimate of drug-likeness (QED) is 0.265. The summed E-state index contributed by atoms with van der Waals surface area (Å²) in [6, 6.07) is 4.96. The van der Waals surface area contributed by atoms with Crippen LogP contribution in [0.2, 0.25) is 0 Å². The van der Waals surface area contributed by atoms with Gasteiger partial charge >= 0.3 is 6.18 Å². The van der Waals surface area contributed by atoms with Crippen molar-refractivity contribution in [1.82, 2.24) is 15.3 Å². The van der Waals surface area contributed by atoms with Gasteiger partial charge in [0.1, 0.15) is 11.6 Å². The second-order valence-corrected chi connectivity index (χ2v) is 8.71. The van der Waals surface area contributed by atoms with Gasteiger partial charge in [-0.15, -0.1) is 0 Å². The molecule has 2 heterocycles. The molecule has 1 aliphatic rings. The van der Waals surface area contributed by atoms with Gasteiger partial charge in [0.2, 0.25) is 5.91 Å². The number of carbonyl (C=O) groups is 2. The molecule has 1 aromatic carbocycles. The van der Waals surface area contributed by atoms with E-state index in [1.54, 1.807) is 19.3 Å². The van der Waals surface area contributed by atoms with Crippen molar-refractivity contribution < 1.29 is 31.5 Å². The van der Waals surface area contributed by atoms with Gasteiger partial charge in [0.25, 0.3) is 0 Å². The van der Waals surface area contributed by atoms with E-state index < -0.39 is 40.4 Å². The summed E-state index contributed by atoms with van der Waals surface area (Å²) < 4.78 is 68.3. The van der Waals surface area contributed by atoms with Crippen LogP contribution in [0.3, 0.4) is 0 Å². The monoisotopic (exact) mass is 519 g/mol. The minimum Gasteiger partial charge on any atom is -0.387 e. The number of Topliss-reactive ketones (excluding diaryl/α,β-unsaturated/α-hetero) is 1. The van der Waals surface area contributed by atoms with E-state index >= 15 is 0 Å². The van der Waals surface area contributed by atoms with E-state index in [-0.39, 0.29) is 30.1 Å². The molecule has 1 saturated carbocycles. The highest BCUT2D eigenvalue weighted by Crippen LogP contribution is 2.49. The number of rotatable bonds is 9. The van der Waals surface area contributed by atoms with Crippen molar-refractivity contribution in [1.29, 1.82) is 0 Å².